The zero-order valence-electron chi connectivity index (χ0n) is 22.6. The van der Waals surface area contributed by atoms with Crippen LogP contribution in [0.5, 0.6) is 0 Å². The molecule has 0 bridgehead atoms. The Morgan fingerprint density at radius 1 is 0.892 bits per heavy atom. The first kappa shape index (κ1) is 26.1. The molecule has 1 aliphatic carbocycles. The minimum absolute atomic E-state index is 0.620. The predicted molar refractivity (Wildman–Crippen MR) is 150 cm³/mol. The van der Waals surface area contributed by atoms with Gasteiger partial charge in [0.15, 0.2) is 0 Å². The van der Waals surface area contributed by atoms with E-state index in [1.807, 2.05) is 18.3 Å². The molecular weight excluding hydrogens is 458 g/mol. The van der Waals surface area contributed by atoms with Crippen molar-refractivity contribution in [3.63, 3.8) is 0 Å². The number of aromatic amines is 1. The molecule has 3 aromatic rings. The fourth-order valence-electron chi connectivity index (χ4n) is 6.31. The zero-order valence-corrected chi connectivity index (χ0v) is 22.6. The van der Waals surface area contributed by atoms with Crippen LogP contribution in [0.4, 0.5) is 0 Å². The summed E-state index contributed by atoms with van der Waals surface area (Å²) in [6.45, 7) is 7.78. The summed E-state index contributed by atoms with van der Waals surface area (Å²) in [7, 11) is 0. The number of aromatic nitrogens is 5. The summed E-state index contributed by atoms with van der Waals surface area (Å²) in [5.74, 6) is 2.24. The lowest BCUT2D eigenvalue weighted by molar-refractivity contribution is 0.353. The molecule has 5 heterocycles. The molecule has 0 unspecified atom stereocenters. The van der Waals surface area contributed by atoms with Gasteiger partial charge in [0.2, 0.25) is 0 Å². The molecule has 0 spiro atoms. The molecular formula is C30H45N7. The van der Waals surface area contributed by atoms with Gasteiger partial charge in [0, 0.05) is 47.7 Å². The Morgan fingerprint density at radius 2 is 1.62 bits per heavy atom. The van der Waals surface area contributed by atoms with Crippen molar-refractivity contribution in [1.82, 2.24) is 35.6 Å². The fraction of sp³-hybridized carbons (Fsp3) is 0.633. The molecule has 37 heavy (non-hydrogen) atoms. The van der Waals surface area contributed by atoms with Crippen LogP contribution in [0.3, 0.4) is 0 Å². The van der Waals surface area contributed by atoms with E-state index >= 15 is 0 Å². The largest absolute Gasteiger partial charge is 0.317 e. The van der Waals surface area contributed by atoms with E-state index in [2.05, 4.69) is 49.6 Å². The molecule has 3 aliphatic rings. The first-order valence-electron chi connectivity index (χ1n) is 14.7. The number of piperidine rings is 2. The molecule has 2 aliphatic heterocycles. The molecule has 7 heteroatoms. The molecule has 3 fully saturated rings. The smallest absolute Gasteiger partial charge is 0.0939 e. The van der Waals surface area contributed by atoms with Gasteiger partial charge < -0.3 is 10.6 Å². The zero-order chi connectivity index (χ0) is 25.3. The van der Waals surface area contributed by atoms with Crippen LogP contribution in [-0.4, -0.2) is 51.1 Å². The summed E-state index contributed by atoms with van der Waals surface area (Å²) in [5, 5.41) is 19.3. The van der Waals surface area contributed by atoms with Crippen LogP contribution in [-0.2, 0) is 13.0 Å². The third kappa shape index (κ3) is 7.08. The number of pyridine rings is 1. The fourth-order valence-corrected chi connectivity index (χ4v) is 6.31. The van der Waals surface area contributed by atoms with Gasteiger partial charge in [0.1, 0.15) is 0 Å². The van der Waals surface area contributed by atoms with E-state index < -0.39 is 0 Å². The number of nitrogens with zero attached hydrogens (tertiary/aromatic N) is 4. The summed E-state index contributed by atoms with van der Waals surface area (Å²) in [4.78, 5) is 4.12. The molecule has 3 aromatic heterocycles. The SMILES string of the molecule is CCn1nc(CC2CCCCC2)cc1C1CCNCC1.c1cncc(-c2cc(C3CCNCC3)[nH]n2)c1. The van der Waals surface area contributed by atoms with E-state index in [0.717, 1.165) is 55.8 Å². The van der Waals surface area contributed by atoms with Crippen molar-refractivity contribution in [2.45, 2.75) is 89.5 Å². The first-order valence-corrected chi connectivity index (χ1v) is 14.7. The molecule has 0 atom stereocenters. The van der Waals surface area contributed by atoms with Crippen LogP contribution in [0.2, 0.25) is 0 Å². The number of hydrogen-bond donors (Lipinski definition) is 3. The minimum atomic E-state index is 0.620. The molecule has 0 aromatic carbocycles. The van der Waals surface area contributed by atoms with E-state index in [4.69, 9.17) is 5.10 Å². The average Bonchev–Trinajstić information content (AvgIpc) is 3.63. The molecule has 3 N–H and O–H groups in total. The van der Waals surface area contributed by atoms with Crippen molar-refractivity contribution in [2.75, 3.05) is 26.2 Å². The average molecular weight is 504 g/mol. The van der Waals surface area contributed by atoms with Gasteiger partial charge >= 0.3 is 0 Å². The van der Waals surface area contributed by atoms with E-state index in [0.29, 0.717) is 5.92 Å². The van der Waals surface area contributed by atoms with Crippen LogP contribution in [0, 0.1) is 5.92 Å². The van der Waals surface area contributed by atoms with E-state index in [1.165, 1.54) is 81.3 Å². The highest BCUT2D eigenvalue weighted by molar-refractivity contribution is 5.57. The number of H-pyrrole nitrogens is 1. The normalized spacial score (nSPS) is 19.9. The second-order valence-corrected chi connectivity index (χ2v) is 11.1. The summed E-state index contributed by atoms with van der Waals surface area (Å²) < 4.78 is 2.27. The number of nitrogens with one attached hydrogen (secondary N) is 3. The van der Waals surface area contributed by atoms with Gasteiger partial charge in [-0.25, -0.2) is 0 Å². The van der Waals surface area contributed by atoms with Gasteiger partial charge in [-0.05, 0) is 95.4 Å². The Balaban J connectivity index is 0.000000153. The third-order valence-electron chi connectivity index (χ3n) is 8.48. The Labute approximate surface area is 222 Å². The lowest BCUT2D eigenvalue weighted by Crippen LogP contribution is -2.27. The molecule has 0 radical (unpaired) electrons. The lowest BCUT2D eigenvalue weighted by Gasteiger charge is -2.23. The molecule has 7 nitrogen and oxygen atoms in total. The van der Waals surface area contributed by atoms with Crippen molar-refractivity contribution in [3.05, 3.63) is 53.7 Å². The van der Waals surface area contributed by atoms with Gasteiger partial charge in [0.25, 0.3) is 0 Å². The van der Waals surface area contributed by atoms with E-state index in [9.17, 15) is 0 Å². The number of hydrogen-bond acceptors (Lipinski definition) is 5. The number of aryl methyl sites for hydroxylation is 1. The molecule has 0 amide bonds. The van der Waals surface area contributed by atoms with Gasteiger partial charge in [-0.1, -0.05) is 32.1 Å². The minimum Gasteiger partial charge on any atom is -0.317 e. The Hall–Kier alpha value is -2.51. The summed E-state index contributed by atoms with van der Waals surface area (Å²) in [6.07, 6.45) is 16.9. The third-order valence-corrected chi connectivity index (χ3v) is 8.48. The first-order chi connectivity index (χ1) is 18.3. The predicted octanol–water partition coefficient (Wildman–Crippen LogP) is 5.43. The Morgan fingerprint density at radius 3 is 2.30 bits per heavy atom. The highest BCUT2D eigenvalue weighted by Gasteiger charge is 2.22. The summed E-state index contributed by atoms with van der Waals surface area (Å²) in [5.41, 5.74) is 6.17. The van der Waals surface area contributed by atoms with Crippen LogP contribution < -0.4 is 10.6 Å². The van der Waals surface area contributed by atoms with Crippen LogP contribution in [0.15, 0.2) is 36.7 Å². The van der Waals surface area contributed by atoms with Crippen molar-refractivity contribution >= 4 is 0 Å². The second-order valence-electron chi connectivity index (χ2n) is 11.1. The highest BCUT2D eigenvalue weighted by atomic mass is 15.3. The van der Waals surface area contributed by atoms with Gasteiger partial charge in [-0.2, -0.15) is 10.2 Å². The molecule has 1 saturated carbocycles. The van der Waals surface area contributed by atoms with Gasteiger partial charge in [-0.15, -0.1) is 0 Å². The Bertz CT molecular complexity index is 1050. The topological polar surface area (TPSA) is 83.5 Å². The highest BCUT2D eigenvalue weighted by Crippen LogP contribution is 2.30. The quantitative estimate of drug-likeness (QED) is 0.418. The van der Waals surface area contributed by atoms with Gasteiger partial charge in [0.05, 0.1) is 11.4 Å². The maximum Gasteiger partial charge on any atom is 0.0939 e. The van der Waals surface area contributed by atoms with Crippen LogP contribution >= 0.6 is 0 Å². The molecule has 6 rings (SSSR count). The molecule has 200 valence electrons. The number of rotatable bonds is 6. The Kier molecular flexibility index (Phi) is 9.41. The lowest BCUT2D eigenvalue weighted by atomic mass is 9.86. The molecule has 2 saturated heterocycles. The maximum absolute atomic E-state index is 4.89. The van der Waals surface area contributed by atoms with Crippen molar-refractivity contribution in [1.29, 1.82) is 0 Å². The van der Waals surface area contributed by atoms with Crippen molar-refractivity contribution < 1.29 is 0 Å². The monoisotopic (exact) mass is 503 g/mol. The summed E-state index contributed by atoms with van der Waals surface area (Å²) >= 11 is 0. The van der Waals surface area contributed by atoms with E-state index in [1.54, 1.807) is 6.20 Å². The summed E-state index contributed by atoms with van der Waals surface area (Å²) in [6, 6.07) is 8.56. The van der Waals surface area contributed by atoms with E-state index in [-0.39, 0.29) is 0 Å². The maximum atomic E-state index is 4.89. The van der Waals surface area contributed by atoms with Crippen molar-refractivity contribution in [3.8, 4) is 11.3 Å². The van der Waals surface area contributed by atoms with Gasteiger partial charge in [-0.3, -0.25) is 14.8 Å². The van der Waals surface area contributed by atoms with Crippen LogP contribution in [0.1, 0.15) is 93.6 Å². The standard InChI is InChI=1S/C17H29N3.C13H16N4/c1-2-20-17(15-8-10-18-11-9-15)13-16(19-20)12-14-6-4-3-5-7-14;1-2-11(9-15-5-1)13-8-12(16-17-13)10-3-6-14-7-4-10/h13-15,18H,2-12H2,1H3;1-2,5,8-10,14H,3-4,6-7H2,(H,16,17). The second kappa shape index (κ2) is 13.3. The van der Waals surface area contributed by atoms with Crippen molar-refractivity contribution in [2.24, 2.45) is 5.92 Å². The van der Waals surface area contributed by atoms with Crippen LogP contribution in [0.25, 0.3) is 11.3 Å².